The zero-order valence-corrected chi connectivity index (χ0v) is 15.5. The van der Waals surface area contributed by atoms with E-state index in [4.69, 9.17) is 10.5 Å². The largest absolute Gasteiger partial charge is 0.477 e. The van der Waals surface area contributed by atoms with Gasteiger partial charge in [0, 0.05) is 5.39 Å². The molecule has 2 heterocycles. The summed E-state index contributed by atoms with van der Waals surface area (Å²) in [5.74, 6) is -2.33. The number of aromatic nitrogens is 2. The van der Waals surface area contributed by atoms with Crippen LogP contribution in [0.15, 0.2) is 53.3 Å². The molecule has 0 saturated carbocycles. The van der Waals surface area contributed by atoms with Crippen LogP contribution in [0.1, 0.15) is 10.5 Å². The van der Waals surface area contributed by atoms with Crippen LogP contribution < -0.4 is 20.9 Å². The Balaban J connectivity index is 1.75. The quantitative estimate of drug-likeness (QED) is 0.634. The number of hydrogen-bond acceptors (Lipinski definition) is 6. The zero-order chi connectivity index (χ0) is 21.4. The summed E-state index contributed by atoms with van der Waals surface area (Å²) in [7, 11) is 0. The fourth-order valence-electron chi connectivity index (χ4n) is 3.33. The van der Waals surface area contributed by atoms with Gasteiger partial charge in [-0.25, -0.2) is 9.48 Å². The van der Waals surface area contributed by atoms with Gasteiger partial charge in [-0.05, 0) is 18.2 Å². The third-order valence-electron chi connectivity index (χ3n) is 4.75. The Kier molecular flexibility index (Phi) is 4.66. The SMILES string of the molecule is NC(=O)C1CN(C(=O)Cn2nc(C(=O)O)c3ccccc3c2=O)c2ccccc2O1. The summed E-state index contributed by atoms with van der Waals surface area (Å²) in [5.41, 5.74) is 4.82. The first-order chi connectivity index (χ1) is 14.4. The molecule has 0 fully saturated rings. The number of carboxylic acid groups (broad SMARTS) is 1. The van der Waals surface area contributed by atoms with Crippen molar-refractivity contribution in [3.63, 3.8) is 0 Å². The highest BCUT2D eigenvalue weighted by Gasteiger charge is 2.33. The van der Waals surface area contributed by atoms with Crippen molar-refractivity contribution in [2.75, 3.05) is 11.4 Å². The lowest BCUT2D eigenvalue weighted by Gasteiger charge is -2.33. The summed E-state index contributed by atoms with van der Waals surface area (Å²) in [6.45, 7) is -0.664. The number of aromatic carboxylic acids is 1. The number of benzene rings is 2. The number of ether oxygens (including phenoxy) is 1. The van der Waals surface area contributed by atoms with Crippen molar-refractivity contribution < 1.29 is 24.2 Å². The fourth-order valence-corrected chi connectivity index (χ4v) is 3.33. The molecule has 0 saturated heterocycles. The first-order valence-corrected chi connectivity index (χ1v) is 8.95. The van der Waals surface area contributed by atoms with E-state index in [1.54, 1.807) is 36.4 Å². The van der Waals surface area contributed by atoms with Crippen LogP contribution >= 0.6 is 0 Å². The predicted octanol–water partition coefficient (Wildman–Crippen LogP) is 0.374. The minimum Gasteiger partial charge on any atom is -0.477 e. The lowest BCUT2D eigenvalue weighted by Crippen LogP contribution is -2.50. The number of fused-ring (bicyclic) bond motifs is 2. The zero-order valence-electron chi connectivity index (χ0n) is 15.5. The molecule has 1 unspecified atom stereocenters. The lowest BCUT2D eigenvalue weighted by molar-refractivity contribution is -0.125. The maximum absolute atomic E-state index is 13.0. The Morgan fingerprint density at radius 2 is 1.77 bits per heavy atom. The second-order valence-corrected chi connectivity index (χ2v) is 6.64. The number of amides is 2. The van der Waals surface area contributed by atoms with E-state index in [9.17, 15) is 24.3 Å². The molecule has 0 radical (unpaired) electrons. The molecule has 30 heavy (non-hydrogen) atoms. The van der Waals surface area contributed by atoms with Gasteiger partial charge in [-0.1, -0.05) is 30.3 Å². The molecule has 3 aromatic rings. The van der Waals surface area contributed by atoms with Crippen molar-refractivity contribution >= 4 is 34.2 Å². The van der Waals surface area contributed by atoms with Crippen molar-refractivity contribution in [1.82, 2.24) is 9.78 Å². The highest BCUT2D eigenvalue weighted by Crippen LogP contribution is 2.33. The number of primary amides is 1. The molecular formula is C20H16N4O6. The van der Waals surface area contributed by atoms with Gasteiger partial charge >= 0.3 is 5.97 Å². The predicted molar refractivity (Wildman–Crippen MR) is 105 cm³/mol. The van der Waals surface area contributed by atoms with Gasteiger partial charge < -0.3 is 20.5 Å². The first-order valence-electron chi connectivity index (χ1n) is 8.95. The van der Waals surface area contributed by atoms with Crippen LogP contribution in [-0.4, -0.2) is 45.3 Å². The Bertz CT molecular complexity index is 1250. The number of carboxylic acids is 1. The molecule has 0 spiro atoms. The first kappa shape index (κ1) is 19.1. The van der Waals surface area contributed by atoms with E-state index in [0.717, 1.165) is 4.68 Å². The molecule has 10 nitrogen and oxygen atoms in total. The molecule has 4 rings (SSSR count). The van der Waals surface area contributed by atoms with Gasteiger partial charge in [-0.15, -0.1) is 0 Å². The number of nitrogens with two attached hydrogens (primary N) is 1. The number of hydrogen-bond donors (Lipinski definition) is 2. The molecule has 3 N–H and O–H groups in total. The number of nitrogens with zero attached hydrogens (tertiary/aromatic N) is 3. The van der Waals surface area contributed by atoms with Crippen LogP contribution in [0.25, 0.3) is 10.8 Å². The van der Waals surface area contributed by atoms with Gasteiger partial charge in [-0.3, -0.25) is 14.4 Å². The molecule has 1 atom stereocenters. The van der Waals surface area contributed by atoms with E-state index in [2.05, 4.69) is 5.10 Å². The van der Waals surface area contributed by atoms with Crippen LogP contribution in [0.3, 0.4) is 0 Å². The molecule has 1 aromatic heterocycles. The van der Waals surface area contributed by atoms with Crippen molar-refractivity contribution in [3.8, 4) is 5.75 Å². The molecule has 2 aromatic carbocycles. The van der Waals surface area contributed by atoms with Crippen LogP contribution in [0.2, 0.25) is 0 Å². The number of anilines is 1. The van der Waals surface area contributed by atoms with Crippen molar-refractivity contribution in [2.45, 2.75) is 12.6 Å². The minimum atomic E-state index is -1.32. The van der Waals surface area contributed by atoms with Gasteiger partial charge in [-0.2, -0.15) is 5.10 Å². The van der Waals surface area contributed by atoms with Gasteiger partial charge in [0.05, 0.1) is 17.6 Å². The smallest absolute Gasteiger partial charge is 0.357 e. The normalized spacial score (nSPS) is 15.3. The highest BCUT2D eigenvalue weighted by molar-refractivity contribution is 6.01. The van der Waals surface area contributed by atoms with Gasteiger partial charge in [0.25, 0.3) is 11.5 Å². The molecule has 10 heteroatoms. The number of carbonyl (C=O) groups is 3. The van der Waals surface area contributed by atoms with Crippen molar-refractivity contribution in [1.29, 1.82) is 0 Å². The molecule has 1 aliphatic rings. The Morgan fingerprint density at radius 3 is 2.47 bits per heavy atom. The molecule has 2 amide bonds. The van der Waals surface area contributed by atoms with E-state index in [1.807, 2.05) is 0 Å². The topological polar surface area (TPSA) is 145 Å². The van der Waals surface area contributed by atoms with Gasteiger partial charge in [0.2, 0.25) is 5.91 Å². The van der Waals surface area contributed by atoms with Crippen molar-refractivity contribution in [3.05, 3.63) is 64.6 Å². The third-order valence-corrected chi connectivity index (χ3v) is 4.75. The van der Waals surface area contributed by atoms with Crippen LogP contribution in [0.5, 0.6) is 5.75 Å². The number of carbonyl (C=O) groups excluding carboxylic acids is 2. The second kappa shape index (κ2) is 7.32. The summed E-state index contributed by atoms with van der Waals surface area (Å²) >= 11 is 0. The molecule has 1 aliphatic heterocycles. The number of rotatable bonds is 4. The highest BCUT2D eigenvalue weighted by atomic mass is 16.5. The maximum atomic E-state index is 13.0. The molecular weight excluding hydrogens is 392 g/mol. The Morgan fingerprint density at radius 1 is 1.10 bits per heavy atom. The standard InChI is InChI=1S/C20H16N4O6/c21-18(26)15-9-23(13-7-3-4-8-14(13)30-15)16(25)10-24-19(27)12-6-2-1-5-11(12)17(22-24)20(28)29/h1-8,15H,9-10H2,(H2,21,26)(H,28,29). The average molecular weight is 408 g/mol. The number of para-hydroxylation sites is 2. The van der Waals surface area contributed by atoms with Gasteiger partial charge in [0.1, 0.15) is 12.3 Å². The van der Waals surface area contributed by atoms with E-state index >= 15 is 0 Å². The van der Waals surface area contributed by atoms with Gasteiger partial charge in [0.15, 0.2) is 11.8 Å². The Labute approximate surface area is 169 Å². The second-order valence-electron chi connectivity index (χ2n) is 6.64. The maximum Gasteiger partial charge on any atom is 0.357 e. The van der Waals surface area contributed by atoms with Crippen LogP contribution in [0.4, 0.5) is 5.69 Å². The average Bonchev–Trinajstić information content (AvgIpc) is 2.74. The fraction of sp³-hybridized carbons (Fsp3) is 0.150. The monoisotopic (exact) mass is 408 g/mol. The lowest BCUT2D eigenvalue weighted by atomic mass is 10.1. The molecule has 0 aliphatic carbocycles. The van der Waals surface area contributed by atoms with E-state index < -0.39 is 36.0 Å². The summed E-state index contributed by atoms with van der Waals surface area (Å²) in [6.07, 6.45) is -1.06. The van der Waals surface area contributed by atoms with E-state index in [0.29, 0.717) is 11.4 Å². The van der Waals surface area contributed by atoms with Crippen molar-refractivity contribution in [2.24, 2.45) is 5.73 Å². The van der Waals surface area contributed by atoms with Crippen LogP contribution in [-0.2, 0) is 16.1 Å². The summed E-state index contributed by atoms with van der Waals surface area (Å²) < 4.78 is 6.34. The molecule has 0 bridgehead atoms. The summed E-state index contributed by atoms with van der Waals surface area (Å²) in [4.78, 5) is 50.3. The summed E-state index contributed by atoms with van der Waals surface area (Å²) in [5, 5.41) is 13.7. The van der Waals surface area contributed by atoms with Crippen LogP contribution in [0, 0.1) is 0 Å². The third kappa shape index (κ3) is 3.24. The molecule has 152 valence electrons. The van der Waals surface area contributed by atoms with E-state index in [-0.39, 0.29) is 23.0 Å². The Hall–Kier alpha value is -4.21. The summed E-state index contributed by atoms with van der Waals surface area (Å²) in [6, 6.07) is 12.7. The minimum absolute atomic E-state index is 0.134. The van der Waals surface area contributed by atoms with E-state index in [1.165, 1.54) is 17.0 Å².